The molecule has 0 atom stereocenters. The number of pyridine rings is 1. The van der Waals surface area contributed by atoms with Crippen molar-refractivity contribution < 1.29 is 14.3 Å². The van der Waals surface area contributed by atoms with Gasteiger partial charge in [0.2, 0.25) is 6.79 Å². The maximum absolute atomic E-state index is 12.6. The first-order valence-corrected chi connectivity index (χ1v) is 9.36. The van der Waals surface area contributed by atoms with Gasteiger partial charge in [-0.05, 0) is 29.8 Å². The number of fused-ring (bicyclic) bond motifs is 2. The molecule has 8 heteroatoms. The van der Waals surface area contributed by atoms with Crippen LogP contribution in [0.1, 0.15) is 16.1 Å². The van der Waals surface area contributed by atoms with Crippen molar-refractivity contribution in [2.75, 3.05) is 17.4 Å². The van der Waals surface area contributed by atoms with E-state index in [1.54, 1.807) is 6.20 Å². The lowest BCUT2D eigenvalue weighted by atomic mass is 10.2. The third kappa shape index (κ3) is 3.58. The van der Waals surface area contributed by atoms with Crippen LogP contribution in [0, 0.1) is 0 Å². The van der Waals surface area contributed by atoms with Crippen molar-refractivity contribution in [3.63, 3.8) is 0 Å². The normalized spacial score (nSPS) is 12.0. The number of carbonyl (C=O) groups excluding carboxylic acids is 1. The largest absolute Gasteiger partial charge is 0.454 e. The van der Waals surface area contributed by atoms with Crippen molar-refractivity contribution >= 4 is 28.3 Å². The van der Waals surface area contributed by atoms with E-state index in [2.05, 4.69) is 25.6 Å². The van der Waals surface area contributed by atoms with Crippen molar-refractivity contribution in [2.45, 2.75) is 6.54 Å². The smallest absolute Gasteiger partial charge is 0.275 e. The topological polar surface area (TPSA) is 98.3 Å². The number of nitrogens with one attached hydrogen (secondary N) is 2. The second kappa shape index (κ2) is 7.67. The standard InChI is InChI=1S/C22H17N5O3/c28-22(27-16-5-1-3-15-4-2-8-23-21(15)16)17-11-26-20(12-24-17)25-10-14-6-7-18-19(9-14)30-13-29-18/h1-9,11-12H,10,13H2,(H,25,26)(H,27,28). The van der Waals surface area contributed by atoms with Crippen LogP contribution in [0.2, 0.25) is 0 Å². The number of carbonyl (C=O) groups is 1. The van der Waals surface area contributed by atoms with E-state index in [0.29, 0.717) is 18.1 Å². The fourth-order valence-corrected chi connectivity index (χ4v) is 3.17. The number of para-hydroxylation sites is 1. The molecule has 148 valence electrons. The van der Waals surface area contributed by atoms with E-state index in [0.717, 1.165) is 28.0 Å². The summed E-state index contributed by atoms with van der Waals surface area (Å²) in [6.07, 6.45) is 4.66. The van der Waals surface area contributed by atoms with Crippen LogP contribution in [0.4, 0.5) is 11.5 Å². The van der Waals surface area contributed by atoms with E-state index in [-0.39, 0.29) is 18.4 Å². The molecule has 0 radical (unpaired) electrons. The van der Waals surface area contributed by atoms with Gasteiger partial charge in [-0.25, -0.2) is 9.97 Å². The first-order valence-electron chi connectivity index (χ1n) is 9.36. The Bertz CT molecular complexity index is 1220. The van der Waals surface area contributed by atoms with Gasteiger partial charge in [0, 0.05) is 18.1 Å². The fourth-order valence-electron chi connectivity index (χ4n) is 3.17. The van der Waals surface area contributed by atoms with Gasteiger partial charge in [0.25, 0.3) is 5.91 Å². The van der Waals surface area contributed by atoms with Crippen LogP contribution >= 0.6 is 0 Å². The molecule has 2 N–H and O–H groups in total. The Morgan fingerprint density at radius 1 is 0.967 bits per heavy atom. The monoisotopic (exact) mass is 399 g/mol. The minimum atomic E-state index is -0.344. The van der Waals surface area contributed by atoms with Crippen molar-refractivity contribution in [3.05, 3.63) is 78.4 Å². The van der Waals surface area contributed by atoms with Crippen LogP contribution in [0.25, 0.3) is 10.9 Å². The van der Waals surface area contributed by atoms with Gasteiger partial charge in [0.1, 0.15) is 11.5 Å². The molecule has 30 heavy (non-hydrogen) atoms. The highest BCUT2D eigenvalue weighted by Crippen LogP contribution is 2.32. The molecule has 2 aromatic carbocycles. The number of rotatable bonds is 5. The van der Waals surface area contributed by atoms with Crippen molar-refractivity contribution in [2.24, 2.45) is 0 Å². The number of benzene rings is 2. The van der Waals surface area contributed by atoms with Gasteiger partial charge in [0.05, 0.1) is 23.6 Å². The lowest BCUT2D eigenvalue weighted by Crippen LogP contribution is -2.15. The average molecular weight is 399 g/mol. The summed E-state index contributed by atoms with van der Waals surface area (Å²) >= 11 is 0. The first-order chi connectivity index (χ1) is 14.8. The molecule has 3 heterocycles. The maximum Gasteiger partial charge on any atom is 0.275 e. The minimum absolute atomic E-state index is 0.219. The van der Waals surface area contributed by atoms with Gasteiger partial charge in [-0.1, -0.05) is 24.3 Å². The summed E-state index contributed by atoms with van der Waals surface area (Å²) in [6, 6.07) is 15.2. The number of hydrogen-bond acceptors (Lipinski definition) is 7. The molecule has 5 rings (SSSR count). The zero-order chi connectivity index (χ0) is 20.3. The summed E-state index contributed by atoms with van der Waals surface area (Å²) < 4.78 is 10.7. The quantitative estimate of drug-likeness (QED) is 0.529. The van der Waals surface area contributed by atoms with Crippen molar-refractivity contribution in [1.29, 1.82) is 0 Å². The molecule has 1 aliphatic heterocycles. The van der Waals surface area contributed by atoms with Crippen LogP contribution in [-0.2, 0) is 6.54 Å². The number of anilines is 2. The van der Waals surface area contributed by atoms with Crippen molar-refractivity contribution in [1.82, 2.24) is 15.0 Å². The second-order valence-corrected chi connectivity index (χ2v) is 6.66. The first kappa shape index (κ1) is 17.9. The minimum Gasteiger partial charge on any atom is -0.454 e. The molecule has 0 saturated carbocycles. The van der Waals surface area contributed by atoms with Gasteiger partial charge in [0.15, 0.2) is 11.5 Å². The van der Waals surface area contributed by atoms with E-state index >= 15 is 0 Å². The van der Waals surface area contributed by atoms with Gasteiger partial charge < -0.3 is 20.1 Å². The van der Waals surface area contributed by atoms with Crippen LogP contribution in [0.3, 0.4) is 0 Å². The highest BCUT2D eigenvalue weighted by Gasteiger charge is 2.14. The predicted molar refractivity (Wildman–Crippen MR) is 112 cm³/mol. The molecule has 8 nitrogen and oxygen atoms in total. The summed E-state index contributed by atoms with van der Waals surface area (Å²) in [5.74, 6) is 1.70. The van der Waals surface area contributed by atoms with Gasteiger partial charge >= 0.3 is 0 Å². The number of ether oxygens (including phenoxy) is 2. The lowest BCUT2D eigenvalue weighted by Gasteiger charge is -2.09. The summed E-state index contributed by atoms with van der Waals surface area (Å²) in [5.41, 5.74) is 2.59. The third-order valence-electron chi connectivity index (χ3n) is 4.68. The van der Waals surface area contributed by atoms with Crippen molar-refractivity contribution in [3.8, 4) is 11.5 Å². The molecule has 0 spiro atoms. The highest BCUT2D eigenvalue weighted by molar-refractivity contribution is 6.07. The third-order valence-corrected chi connectivity index (χ3v) is 4.68. The summed E-state index contributed by atoms with van der Waals surface area (Å²) in [5, 5.41) is 6.98. The highest BCUT2D eigenvalue weighted by atomic mass is 16.7. The van der Waals surface area contributed by atoms with Crippen LogP contribution in [-0.4, -0.2) is 27.7 Å². The van der Waals surface area contributed by atoms with Crippen LogP contribution in [0.15, 0.2) is 67.1 Å². The second-order valence-electron chi connectivity index (χ2n) is 6.66. The lowest BCUT2D eigenvalue weighted by molar-refractivity contribution is 0.102. The summed E-state index contributed by atoms with van der Waals surface area (Å²) in [4.78, 5) is 25.4. The predicted octanol–water partition coefficient (Wildman–Crippen LogP) is 3.62. The van der Waals surface area contributed by atoms with Gasteiger partial charge in [-0.15, -0.1) is 0 Å². The molecule has 0 saturated heterocycles. The number of aromatic nitrogens is 3. The number of nitrogens with zero attached hydrogens (tertiary/aromatic N) is 3. The molecule has 4 aromatic rings. The van der Waals surface area contributed by atoms with Crippen LogP contribution in [0.5, 0.6) is 11.5 Å². The Kier molecular flexibility index (Phi) is 4.57. The molecule has 0 fully saturated rings. The Balaban J connectivity index is 1.25. The van der Waals surface area contributed by atoms with E-state index in [1.807, 2.05) is 48.5 Å². The molecule has 2 aromatic heterocycles. The molecule has 0 aliphatic carbocycles. The summed E-state index contributed by atoms with van der Waals surface area (Å²) in [7, 11) is 0. The maximum atomic E-state index is 12.6. The van der Waals surface area contributed by atoms with Gasteiger partial charge in [-0.2, -0.15) is 0 Å². The van der Waals surface area contributed by atoms with E-state index in [4.69, 9.17) is 9.47 Å². The average Bonchev–Trinajstić information content (AvgIpc) is 3.26. The molecule has 1 aliphatic rings. The fraction of sp³-hybridized carbons (Fsp3) is 0.0909. The van der Waals surface area contributed by atoms with Crippen LogP contribution < -0.4 is 20.1 Å². The Labute approximate surface area is 171 Å². The SMILES string of the molecule is O=C(Nc1cccc2cccnc12)c1cnc(NCc2ccc3c(c2)OCO3)cn1. The van der Waals surface area contributed by atoms with E-state index < -0.39 is 0 Å². The number of hydrogen-bond donors (Lipinski definition) is 2. The zero-order valence-corrected chi connectivity index (χ0v) is 15.8. The van der Waals surface area contributed by atoms with Gasteiger partial charge in [-0.3, -0.25) is 9.78 Å². The summed E-state index contributed by atoms with van der Waals surface area (Å²) in [6.45, 7) is 0.786. The molecule has 0 bridgehead atoms. The zero-order valence-electron chi connectivity index (χ0n) is 15.8. The van der Waals surface area contributed by atoms with E-state index in [9.17, 15) is 4.79 Å². The molecular weight excluding hydrogens is 382 g/mol. The Hall–Kier alpha value is -4.20. The number of amides is 1. The molecule has 1 amide bonds. The van der Waals surface area contributed by atoms with E-state index in [1.165, 1.54) is 12.4 Å². The molecule has 0 unspecified atom stereocenters. The Morgan fingerprint density at radius 3 is 2.77 bits per heavy atom. The Morgan fingerprint density at radius 2 is 1.87 bits per heavy atom. The molecular formula is C22H17N5O3.